The molecule has 1 N–H and O–H groups in total. The van der Waals surface area contributed by atoms with Crippen LogP contribution in [0.2, 0.25) is 0 Å². The fourth-order valence-corrected chi connectivity index (χ4v) is 2.58. The van der Waals surface area contributed by atoms with Crippen molar-refractivity contribution in [3.8, 4) is 11.5 Å². The van der Waals surface area contributed by atoms with Crippen LogP contribution in [0.5, 0.6) is 11.5 Å². The van der Waals surface area contributed by atoms with Crippen LogP contribution in [0.15, 0.2) is 12.1 Å². The number of aryl methyl sites for hydroxylation is 1. The summed E-state index contributed by atoms with van der Waals surface area (Å²) in [5.41, 5.74) is 2.52. The van der Waals surface area contributed by atoms with Crippen LogP contribution in [0.1, 0.15) is 36.4 Å². The maximum atomic E-state index is 5.54. The molecule has 1 saturated heterocycles. The van der Waals surface area contributed by atoms with E-state index in [1.165, 1.54) is 30.4 Å². The van der Waals surface area contributed by atoms with E-state index in [-0.39, 0.29) is 0 Å². The summed E-state index contributed by atoms with van der Waals surface area (Å²) >= 11 is 0. The van der Waals surface area contributed by atoms with Crippen LogP contribution in [0.4, 0.5) is 0 Å². The Morgan fingerprint density at radius 3 is 2.59 bits per heavy atom. The van der Waals surface area contributed by atoms with E-state index >= 15 is 0 Å². The van der Waals surface area contributed by atoms with Crippen LogP contribution in [0, 0.1) is 6.92 Å². The molecule has 1 aromatic carbocycles. The molecular formula is C14H21NO2. The SMILES string of the molecule is COc1ccc(C)c(C2CCCCN2)c1OC. The Labute approximate surface area is 103 Å². The van der Waals surface area contributed by atoms with Crippen LogP contribution in [-0.4, -0.2) is 20.8 Å². The monoisotopic (exact) mass is 235 g/mol. The van der Waals surface area contributed by atoms with E-state index in [0.29, 0.717) is 6.04 Å². The standard InChI is InChI=1S/C14H21NO2/c1-10-7-8-12(16-2)14(17-3)13(10)11-6-4-5-9-15-11/h7-8,11,15H,4-6,9H2,1-3H3. The maximum Gasteiger partial charge on any atom is 0.165 e. The van der Waals surface area contributed by atoms with Gasteiger partial charge in [0.1, 0.15) is 0 Å². The normalized spacial score (nSPS) is 20.1. The summed E-state index contributed by atoms with van der Waals surface area (Å²) in [4.78, 5) is 0. The number of hydrogen-bond acceptors (Lipinski definition) is 3. The zero-order valence-corrected chi connectivity index (χ0v) is 10.9. The summed E-state index contributed by atoms with van der Waals surface area (Å²) in [5, 5.41) is 3.57. The summed E-state index contributed by atoms with van der Waals surface area (Å²) in [6.45, 7) is 3.22. The molecule has 94 valence electrons. The summed E-state index contributed by atoms with van der Waals surface area (Å²) in [6, 6.07) is 4.47. The number of hydrogen-bond donors (Lipinski definition) is 1. The summed E-state index contributed by atoms with van der Waals surface area (Å²) < 4.78 is 10.9. The van der Waals surface area contributed by atoms with E-state index in [0.717, 1.165) is 18.0 Å². The number of methoxy groups -OCH3 is 2. The lowest BCUT2D eigenvalue weighted by molar-refractivity contribution is 0.337. The molecule has 3 heteroatoms. The van der Waals surface area contributed by atoms with Gasteiger partial charge in [-0.2, -0.15) is 0 Å². The molecule has 0 bridgehead atoms. The molecule has 0 radical (unpaired) electrons. The smallest absolute Gasteiger partial charge is 0.165 e. The summed E-state index contributed by atoms with van der Waals surface area (Å²) in [7, 11) is 3.40. The highest BCUT2D eigenvalue weighted by Crippen LogP contribution is 2.39. The zero-order chi connectivity index (χ0) is 12.3. The predicted octanol–water partition coefficient (Wildman–Crippen LogP) is 2.83. The second kappa shape index (κ2) is 5.41. The lowest BCUT2D eigenvalue weighted by Gasteiger charge is -2.27. The number of rotatable bonds is 3. The number of benzene rings is 1. The fourth-order valence-electron chi connectivity index (χ4n) is 2.58. The van der Waals surface area contributed by atoms with Gasteiger partial charge in [-0.25, -0.2) is 0 Å². The van der Waals surface area contributed by atoms with Crippen molar-refractivity contribution in [1.29, 1.82) is 0 Å². The third-order valence-electron chi connectivity index (χ3n) is 3.46. The molecule has 1 unspecified atom stereocenters. The van der Waals surface area contributed by atoms with Crippen LogP contribution in [0.25, 0.3) is 0 Å². The van der Waals surface area contributed by atoms with Crippen LogP contribution in [-0.2, 0) is 0 Å². The minimum Gasteiger partial charge on any atom is -0.493 e. The van der Waals surface area contributed by atoms with E-state index in [1.54, 1.807) is 14.2 Å². The highest BCUT2D eigenvalue weighted by atomic mass is 16.5. The number of piperidine rings is 1. The molecule has 1 fully saturated rings. The first-order valence-electron chi connectivity index (χ1n) is 6.22. The maximum absolute atomic E-state index is 5.54. The van der Waals surface area contributed by atoms with Gasteiger partial charge in [0, 0.05) is 11.6 Å². The van der Waals surface area contributed by atoms with Gasteiger partial charge in [0.15, 0.2) is 11.5 Å². The predicted molar refractivity (Wildman–Crippen MR) is 68.9 cm³/mol. The van der Waals surface area contributed by atoms with E-state index < -0.39 is 0 Å². The molecule has 0 amide bonds. The first-order valence-corrected chi connectivity index (χ1v) is 6.22. The van der Waals surface area contributed by atoms with Gasteiger partial charge in [0.2, 0.25) is 0 Å². The van der Waals surface area contributed by atoms with Gasteiger partial charge in [0.05, 0.1) is 14.2 Å². The largest absolute Gasteiger partial charge is 0.493 e. The first kappa shape index (κ1) is 12.2. The lowest BCUT2D eigenvalue weighted by atomic mass is 9.93. The molecule has 1 aliphatic rings. The third kappa shape index (κ3) is 2.39. The molecule has 17 heavy (non-hydrogen) atoms. The minimum atomic E-state index is 0.397. The zero-order valence-electron chi connectivity index (χ0n) is 10.9. The molecule has 1 atom stereocenters. The van der Waals surface area contributed by atoms with Gasteiger partial charge in [-0.1, -0.05) is 12.5 Å². The number of ether oxygens (including phenoxy) is 2. The van der Waals surface area contributed by atoms with Gasteiger partial charge in [0.25, 0.3) is 0 Å². The average molecular weight is 235 g/mol. The molecular weight excluding hydrogens is 214 g/mol. The lowest BCUT2D eigenvalue weighted by Crippen LogP contribution is -2.27. The van der Waals surface area contributed by atoms with E-state index in [2.05, 4.69) is 18.3 Å². The molecule has 1 heterocycles. The van der Waals surface area contributed by atoms with Crippen molar-refractivity contribution in [1.82, 2.24) is 5.32 Å². The van der Waals surface area contributed by atoms with E-state index in [4.69, 9.17) is 9.47 Å². The fraction of sp³-hybridized carbons (Fsp3) is 0.571. The quantitative estimate of drug-likeness (QED) is 0.874. The first-order chi connectivity index (χ1) is 8.27. The highest BCUT2D eigenvalue weighted by Gasteiger charge is 2.22. The van der Waals surface area contributed by atoms with Crippen LogP contribution in [0.3, 0.4) is 0 Å². The van der Waals surface area contributed by atoms with Crippen molar-refractivity contribution in [2.24, 2.45) is 0 Å². The average Bonchev–Trinajstić information content (AvgIpc) is 2.39. The van der Waals surface area contributed by atoms with Crippen LogP contribution < -0.4 is 14.8 Å². The topological polar surface area (TPSA) is 30.5 Å². The van der Waals surface area contributed by atoms with Crippen molar-refractivity contribution in [3.05, 3.63) is 23.3 Å². The van der Waals surface area contributed by atoms with Crippen molar-refractivity contribution < 1.29 is 9.47 Å². The Kier molecular flexibility index (Phi) is 3.89. The molecule has 0 spiro atoms. The second-order valence-corrected chi connectivity index (χ2v) is 4.53. The van der Waals surface area contributed by atoms with Crippen molar-refractivity contribution in [3.63, 3.8) is 0 Å². The molecule has 0 saturated carbocycles. The van der Waals surface area contributed by atoms with Gasteiger partial charge in [-0.3, -0.25) is 0 Å². The van der Waals surface area contributed by atoms with E-state index in [9.17, 15) is 0 Å². The van der Waals surface area contributed by atoms with Gasteiger partial charge < -0.3 is 14.8 Å². The summed E-state index contributed by atoms with van der Waals surface area (Å²) in [6.07, 6.45) is 3.71. The molecule has 0 aromatic heterocycles. The van der Waals surface area contributed by atoms with Crippen molar-refractivity contribution in [2.45, 2.75) is 32.2 Å². The molecule has 3 nitrogen and oxygen atoms in total. The molecule has 1 aromatic rings. The summed E-state index contributed by atoms with van der Waals surface area (Å²) in [5.74, 6) is 1.70. The highest BCUT2D eigenvalue weighted by molar-refractivity contribution is 5.52. The van der Waals surface area contributed by atoms with E-state index in [1.807, 2.05) is 6.07 Å². The molecule has 2 rings (SSSR count). The van der Waals surface area contributed by atoms with Gasteiger partial charge in [-0.15, -0.1) is 0 Å². The number of nitrogens with one attached hydrogen (secondary N) is 1. The Morgan fingerprint density at radius 1 is 1.18 bits per heavy atom. The van der Waals surface area contributed by atoms with Crippen molar-refractivity contribution in [2.75, 3.05) is 20.8 Å². The Balaban J connectivity index is 2.41. The Morgan fingerprint density at radius 2 is 2.00 bits per heavy atom. The van der Waals surface area contributed by atoms with Gasteiger partial charge in [-0.05, 0) is 37.9 Å². The Hall–Kier alpha value is -1.22. The third-order valence-corrected chi connectivity index (χ3v) is 3.46. The molecule has 0 aliphatic carbocycles. The minimum absolute atomic E-state index is 0.397. The van der Waals surface area contributed by atoms with Gasteiger partial charge >= 0.3 is 0 Å². The molecule has 1 aliphatic heterocycles. The van der Waals surface area contributed by atoms with Crippen LogP contribution >= 0.6 is 0 Å². The Bertz CT molecular complexity index is 384. The van der Waals surface area contributed by atoms with Crippen molar-refractivity contribution >= 4 is 0 Å². The second-order valence-electron chi connectivity index (χ2n) is 4.53.